The maximum Gasteiger partial charge on any atom is 0.167 e. The Kier molecular flexibility index (Phi) is 4.31. The predicted molar refractivity (Wildman–Crippen MR) is 105 cm³/mol. The molecule has 0 unspecified atom stereocenters. The van der Waals surface area contributed by atoms with E-state index >= 15 is 0 Å². The molecule has 0 aliphatic heterocycles. The summed E-state index contributed by atoms with van der Waals surface area (Å²) >= 11 is 0. The lowest BCUT2D eigenvalue weighted by Gasteiger charge is -2.27. The van der Waals surface area contributed by atoms with E-state index in [0.717, 1.165) is 11.1 Å². The highest BCUT2D eigenvalue weighted by atomic mass is 16.3. The molecule has 0 saturated carbocycles. The number of fused-ring (bicyclic) bond motifs is 1. The van der Waals surface area contributed by atoms with Gasteiger partial charge in [-0.3, -0.25) is 9.59 Å². The van der Waals surface area contributed by atoms with Crippen molar-refractivity contribution in [3.63, 3.8) is 0 Å². The van der Waals surface area contributed by atoms with Gasteiger partial charge in [0.25, 0.3) is 0 Å². The third-order valence-corrected chi connectivity index (χ3v) is 5.11. The Morgan fingerprint density at radius 3 is 2.26 bits per heavy atom. The Balaban J connectivity index is 1.83. The molecule has 136 valence electrons. The standard InChI is InChI=1S/C24H22O3/c1-24(2)14-20(26)22-18(13-19(25)16-9-5-3-6-10-16)23(27-21(22)15-24)17-11-7-4-8-12-17/h3-12H,13-15H2,1-2H3. The molecule has 0 fully saturated rings. The fraction of sp³-hybridized carbons (Fsp3) is 0.250. The number of carbonyl (C=O) groups is 2. The molecule has 0 N–H and O–H groups in total. The molecule has 1 aliphatic carbocycles. The normalized spacial score (nSPS) is 15.4. The van der Waals surface area contributed by atoms with Crippen LogP contribution in [0.2, 0.25) is 0 Å². The second-order valence-electron chi connectivity index (χ2n) is 7.98. The van der Waals surface area contributed by atoms with Crippen LogP contribution in [0.15, 0.2) is 65.1 Å². The summed E-state index contributed by atoms with van der Waals surface area (Å²) in [5.74, 6) is 1.43. The van der Waals surface area contributed by atoms with E-state index in [4.69, 9.17) is 4.42 Å². The maximum absolute atomic E-state index is 12.9. The van der Waals surface area contributed by atoms with Crippen LogP contribution in [0.25, 0.3) is 11.3 Å². The van der Waals surface area contributed by atoms with Gasteiger partial charge < -0.3 is 4.42 Å². The van der Waals surface area contributed by atoms with Gasteiger partial charge in [-0.05, 0) is 5.41 Å². The van der Waals surface area contributed by atoms with Crippen LogP contribution in [-0.4, -0.2) is 11.6 Å². The van der Waals surface area contributed by atoms with Gasteiger partial charge in [0.05, 0.1) is 5.56 Å². The average molecular weight is 358 g/mol. The third kappa shape index (κ3) is 3.37. The highest BCUT2D eigenvalue weighted by Crippen LogP contribution is 2.42. The number of furan rings is 1. The SMILES string of the molecule is CC1(C)CC(=O)c2c(oc(-c3ccccc3)c2CC(=O)c2ccccc2)C1. The molecular weight excluding hydrogens is 336 g/mol. The largest absolute Gasteiger partial charge is 0.460 e. The van der Waals surface area contributed by atoms with E-state index < -0.39 is 0 Å². The van der Waals surface area contributed by atoms with Crippen LogP contribution in [0.4, 0.5) is 0 Å². The summed E-state index contributed by atoms with van der Waals surface area (Å²) in [6.45, 7) is 4.15. The van der Waals surface area contributed by atoms with Crippen molar-refractivity contribution < 1.29 is 14.0 Å². The van der Waals surface area contributed by atoms with Crippen LogP contribution in [0.5, 0.6) is 0 Å². The molecule has 1 heterocycles. The minimum Gasteiger partial charge on any atom is -0.460 e. The Labute approximate surface area is 159 Å². The molecule has 0 saturated heterocycles. The van der Waals surface area contributed by atoms with Crippen LogP contribution in [0.3, 0.4) is 0 Å². The van der Waals surface area contributed by atoms with Crippen molar-refractivity contribution in [3.8, 4) is 11.3 Å². The Morgan fingerprint density at radius 2 is 1.59 bits per heavy atom. The van der Waals surface area contributed by atoms with Gasteiger partial charge in [-0.25, -0.2) is 0 Å². The monoisotopic (exact) mass is 358 g/mol. The third-order valence-electron chi connectivity index (χ3n) is 5.11. The average Bonchev–Trinajstić information content (AvgIpc) is 3.00. The lowest BCUT2D eigenvalue weighted by molar-refractivity contribution is 0.0903. The van der Waals surface area contributed by atoms with E-state index in [1.165, 1.54) is 0 Å². The summed E-state index contributed by atoms with van der Waals surface area (Å²) in [6.07, 6.45) is 1.34. The van der Waals surface area contributed by atoms with E-state index in [1.807, 2.05) is 60.7 Å². The maximum atomic E-state index is 12.9. The zero-order chi connectivity index (χ0) is 19.0. The number of carbonyl (C=O) groups excluding carboxylic acids is 2. The Morgan fingerprint density at radius 1 is 0.963 bits per heavy atom. The summed E-state index contributed by atoms with van der Waals surface area (Å²) in [7, 11) is 0. The zero-order valence-electron chi connectivity index (χ0n) is 15.6. The van der Waals surface area contributed by atoms with Gasteiger partial charge >= 0.3 is 0 Å². The van der Waals surface area contributed by atoms with E-state index in [2.05, 4.69) is 13.8 Å². The lowest BCUT2D eigenvalue weighted by atomic mass is 9.75. The zero-order valence-corrected chi connectivity index (χ0v) is 15.6. The molecule has 2 aromatic carbocycles. The van der Waals surface area contributed by atoms with Crippen LogP contribution >= 0.6 is 0 Å². The van der Waals surface area contributed by atoms with Crippen molar-refractivity contribution >= 4 is 11.6 Å². The fourth-order valence-corrected chi connectivity index (χ4v) is 3.86. The minimum atomic E-state index is -0.128. The van der Waals surface area contributed by atoms with Crippen LogP contribution in [-0.2, 0) is 12.8 Å². The summed E-state index contributed by atoms with van der Waals surface area (Å²) in [5.41, 5.74) is 2.77. The molecule has 0 atom stereocenters. The number of hydrogen-bond acceptors (Lipinski definition) is 3. The molecule has 0 radical (unpaired) electrons. The number of benzene rings is 2. The van der Waals surface area contributed by atoms with Crippen molar-refractivity contribution in [1.82, 2.24) is 0 Å². The van der Waals surface area contributed by atoms with Gasteiger partial charge in [-0.2, -0.15) is 0 Å². The first-order valence-electron chi connectivity index (χ1n) is 9.26. The van der Waals surface area contributed by atoms with E-state index in [9.17, 15) is 9.59 Å². The van der Waals surface area contributed by atoms with Crippen LogP contribution in [0.1, 0.15) is 52.3 Å². The number of rotatable bonds is 4. The topological polar surface area (TPSA) is 47.3 Å². The molecule has 1 aliphatic rings. The van der Waals surface area contributed by atoms with Gasteiger partial charge in [0.1, 0.15) is 11.5 Å². The van der Waals surface area contributed by atoms with Crippen molar-refractivity contribution in [3.05, 3.63) is 83.1 Å². The van der Waals surface area contributed by atoms with Crippen molar-refractivity contribution in [2.24, 2.45) is 5.41 Å². The van der Waals surface area contributed by atoms with Gasteiger partial charge in [-0.1, -0.05) is 74.5 Å². The highest BCUT2D eigenvalue weighted by molar-refractivity contribution is 6.05. The first-order chi connectivity index (χ1) is 12.9. The van der Waals surface area contributed by atoms with Crippen LogP contribution < -0.4 is 0 Å². The molecule has 3 heteroatoms. The van der Waals surface area contributed by atoms with Crippen LogP contribution in [0, 0.1) is 5.41 Å². The Bertz CT molecular complexity index is 995. The molecule has 4 rings (SSSR count). The van der Waals surface area contributed by atoms with Crippen molar-refractivity contribution in [2.75, 3.05) is 0 Å². The molecule has 3 nitrogen and oxygen atoms in total. The molecule has 1 aromatic heterocycles. The van der Waals surface area contributed by atoms with Gasteiger partial charge in [0.2, 0.25) is 0 Å². The number of hydrogen-bond donors (Lipinski definition) is 0. The second kappa shape index (κ2) is 6.66. The van der Waals surface area contributed by atoms with Crippen molar-refractivity contribution in [2.45, 2.75) is 33.1 Å². The summed E-state index contributed by atoms with van der Waals surface area (Å²) in [5, 5.41) is 0. The minimum absolute atomic E-state index is 0.00554. The first-order valence-corrected chi connectivity index (χ1v) is 9.26. The molecule has 0 bridgehead atoms. The Hall–Kier alpha value is -2.94. The quantitative estimate of drug-likeness (QED) is 0.576. The molecule has 0 amide bonds. The second-order valence-corrected chi connectivity index (χ2v) is 7.98. The molecule has 0 spiro atoms. The predicted octanol–water partition coefficient (Wildman–Crippen LogP) is 5.53. The smallest absolute Gasteiger partial charge is 0.167 e. The molecule has 27 heavy (non-hydrogen) atoms. The lowest BCUT2D eigenvalue weighted by Crippen LogP contribution is -2.26. The number of ketones is 2. The van der Waals surface area contributed by atoms with Gasteiger partial charge in [-0.15, -0.1) is 0 Å². The van der Waals surface area contributed by atoms with Crippen molar-refractivity contribution in [1.29, 1.82) is 0 Å². The van der Waals surface area contributed by atoms with E-state index in [0.29, 0.717) is 35.5 Å². The number of Topliss-reactive ketones (excluding diaryl/α,β-unsaturated/α-hetero) is 2. The fourth-order valence-electron chi connectivity index (χ4n) is 3.86. The molecule has 3 aromatic rings. The van der Waals surface area contributed by atoms with Gasteiger partial charge in [0.15, 0.2) is 11.6 Å². The summed E-state index contributed by atoms with van der Waals surface area (Å²) < 4.78 is 6.19. The van der Waals surface area contributed by atoms with E-state index in [1.54, 1.807) is 0 Å². The summed E-state index contributed by atoms with van der Waals surface area (Å²) in [6, 6.07) is 18.9. The molecular formula is C24H22O3. The first kappa shape index (κ1) is 17.5. The van der Waals surface area contributed by atoms with E-state index in [-0.39, 0.29) is 23.4 Å². The highest BCUT2D eigenvalue weighted by Gasteiger charge is 2.37. The van der Waals surface area contributed by atoms with Gasteiger partial charge in [0, 0.05) is 36.0 Å². The summed E-state index contributed by atoms with van der Waals surface area (Å²) in [4.78, 5) is 25.8.